The average molecular weight is 343 g/mol. The van der Waals surface area contributed by atoms with Crippen LogP contribution in [0.2, 0.25) is 10.0 Å². The zero-order chi connectivity index (χ0) is 15.2. The smallest absolute Gasteiger partial charge is 0.339 e. The van der Waals surface area contributed by atoms with E-state index in [1.54, 1.807) is 11.8 Å². The zero-order valence-corrected chi connectivity index (χ0v) is 13.2. The molecule has 0 heterocycles. The SMILES string of the molecule is O=C(O)c1cc(Cl)cc(Cl)c1OCCSc1ccccc1. The van der Waals surface area contributed by atoms with Crippen LogP contribution in [0.5, 0.6) is 5.75 Å². The van der Waals surface area contributed by atoms with E-state index in [1.807, 2.05) is 30.3 Å². The Morgan fingerprint density at radius 2 is 1.90 bits per heavy atom. The summed E-state index contributed by atoms with van der Waals surface area (Å²) in [4.78, 5) is 12.3. The molecule has 1 N–H and O–H groups in total. The molecule has 0 aliphatic rings. The molecule has 2 rings (SSSR count). The number of halogens is 2. The lowest BCUT2D eigenvalue weighted by Gasteiger charge is -2.11. The monoisotopic (exact) mass is 342 g/mol. The minimum atomic E-state index is -1.12. The van der Waals surface area contributed by atoms with Crippen molar-refractivity contribution < 1.29 is 14.6 Å². The van der Waals surface area contributed by atoms with E-state index in [-0.39, 0.29) is 21.4 Å². The first kappa shape index (κ1) is 16.0. The highest BCUT2D eigenvalue weighted by molar-refractivity contribution is 7.99. The number of aromatic carboxylic acids is 1. The van der Waals surface area contributed by atoms with Crippen molar-refractivity contribution in [3.63, 3.8) is 0 Å². The van der Waals surface area contributed by atoms with Crippen LogP contribution >= 0.6 is 35.0 Å². The molecule has 110 valence electrons. The van der Waals surface area contributed by atoms with E-state index in [9.17, 15) is 4.79 Å². The minimum Gasteiger partial charge on any atom is -0.490 e. The lowest BCUT2D eigenvalue weighted by molar-refractivity contribution is 0.0692. The summed E-state index contributed by atoms with van der Waals surface area (Å²) in [6.07, 6.45) is 0. The number of hydrogen-bond acceptors (Lipinski definition) is 3. The Morgan fingerprint density at radius 3 is 2.57 bits per heavy atom. The van der Waals surface area contributed by atoms with E-state index >= 15 is 0 Å². The highest BCUT2D eigenvalue weighted by Gasteiger charge is 2.16. The molecule has 0 spiro atoms. The fourth-order valence-electron chi connectivity index (χ4n) is 1.69. The van der Waals surface area contributed by atoms with Crippen molar-refractivity contribution in [2.24, 2.45) is 0 Å². The van der Waals surface area contributed by atoms with Gasteiger partial charge in [0.25, 0.3) is 0 Å². The molecular weight excluding hydrogens is 331 g/mol. The van der Waals surface area contributed by atoms with Crippen molar-refractivity contribution in [1.29, 1.82) is 0 Å². The number of rotatable bonds is 6. The van der Waals surface area contributed by atoms with Gasteiger partial charge in [-0.25, -0.2) is 4.79 Å². The van der Waals surface area contributed by atoms with Crippen LogP contribution in [0.3, 0.4) is 0 Å². The van der Waals surface area contributed by atoms with Crippen molar-refractivity contribution in [3.05, 3.63) is 58.1 Å². The number of carboxylic acid groups (broad SMARTS) is 1. The lowest BCUT2D eigenvalue weighted by atomic mass is 10.2. The van der Waals surface area contributed by atoms with Crippen molar-refractivity contribution in [2.75, 3.05) is 12.4 Å². The molecule has 0 aliphatic heterocycles. The molecule has 0 aromatic heterocycles. The molecule has 2 aromatic carbocycles. The molecule has 21 heavy (non-hydrogen) atoms. The second-order valence-corrected chi connectivity index (χ2v) is 6.09. The van der Waals surface area contributed by atoms with Gasteiger partial charge in [0.05, 0.1) is 11.6 Å². The Labute approximate surface area is 136 Å². The van der Waals surface area contributed by atoms with Crippen molar-refractivity contribution in [3.8, 4) is 5.75 Å². The van der Waals surface area contributed by atoms with Crippen LogP contribution in [0, 0.1) is 0 Å². The largest absolute Gasteiger partial charge is 0.490 e. The van der Waals surface area contributed by atoms with E-state index in [0.717, 1.165) is 4.90 Å². The van der Waals surface area contributed by atoms with Gasteiger partial charge in [0.1, 0.15) is 5.56 Å². The maximum absolute atomic E-state index is 11.2. The summed E-state index contributed by atoms with van der Waals surface area (Å²) in [7, 11) is 0. The number of hydrogen-bond donors (Lipinski definition) is 1. The average Bonchev–Trinajstić information content (AvgIpc) is 2.45. The predicted octanol–water partition coefficient (Wildman–Crippen LogP) is 4.86. The summed E-state index contributed by atoms with van der Waals surface area (Å²) in [5, 5.41) is 9.61. The molecule has 2 aromatic rings. The summed E-state index contributed by atoms with van der Waals surface area (Å²) in [5.74, 6) is -0.283. The van der Waals surface area contributed by atoms with Crippen LogP contribution in [-0.4, -0.2) is 23.4 Å². The van der Waals surface area contributed by atoms with E-state index in [1.165, 1.54) is 12.1 Å². The minimum absolute atomic E-state index is 0.0304. The first-order valence-corrected chi connectivity index (χ1v) is 7.85. The van der Waals surface area contributed by atoms with Gasteiger partial charge in [0, 0.05) is 15.7 Å². The molecule has 0 atom stereocenters. The molecule has 0 saturated heterocycles. The second-order valence-electron chi connectivity index (χ2n) is 4.08. The maximum Gasteiger partial charge on any atom is 0.339 e. The third-order valence-electron chi connectivity index (χ3n) is 2.58. The fraction of sp³-hybridized carbons (Fsp3) is 0.133. The van der Waals surface area contributed by atoms with Crippen LogP contribution < -0.4 is 4.74 Å². The van der Waals surface area contributed by atoms with Crippen LogP contribution in [0.4, 0.5) is 0 Å². The van der Waals surface area contributed by atoms with Crippen LogP contribution in [-0.2, 0) is 0 Å². The van der Waals surface area contributed by atoms with Gasteiger partial charge in [-0.2, -0.15) is 0 Å². The summed E-state index contributed by atoms with van der Waals surface area (Å²) >= 11 is 13.4. The van der Waals surface area contributed by atoms with Gasteiger partial charge in [-0.1, -0.05) is 41.4 Å². The van der Waals surface area contributed by atoms with Gasteiger partial charge in [-0.3, -0.25) is 0 Å². The molecule has 6 heteroatoms. The number of carboxylic acids is 1. The predicted molar refractivity (Wildman–Crippen MR) is 86.1 cm³/mol. The van der Waals surface area contributed by atoms with Crippen molar-refractivity contribution in [1.82, 2.24) is 0 Å². The van der Waals surface area contributed by atoms with Gasteiger partial charge in [0.2, 0.25) is 0 Å². The van der Waals surface area contributed by atoms with Crippen molar-refractivity contribution >= 4 is 40.9 Å². The van der Waals surface area contributed by atoms with Gasteiger partial charge >= 0.3 is 5.97 Å². The molecular formula is C15H12Cl2O3S. The quantitative estimate of drug-likeness (QED) is 0.601. The Bertz CT molecular complexity index is 632. The van der Waals surface area contributed by atoms with Gasteiger partial charge in [0.15, 0.2) is 5.75 Å². The van der Waals surface area contributed by atoms with Crippen LogP contribution in [0.15, 0.2) is 47.4 Å². The van der Waals surface area contributed by atoms with E-state index in [2.05, 4.69) is 0 Å². The molecule has 0 bridgehead atoms. The second kappa shape index (κ2) is 7.59. The van der Waals surface area contributed by atoms with Crippen molar-refractivity contribution in [2.45, 2.75) is 4.90 Å². The first-order chi connectivity index (χ1) is 10.1. The highest BCUT2D eigenvalue weighted by Crippen LogP contribution is 2.32. The molecule has 3 nitrogen and oxygen atoms in total. The van der Waals surface area contributed by atoms with E-state index in [4.69, 9.17) is 33.0 Å². The molecule has 0 radical (unpaired) electrons. The van der Waals surface area contributed by atoms with Gasteiger partial charge < -0.3 is 9.84 Å². The topological polar surface area (TPSA) is 46.5 Å². The Hall–Kier alpha value is -1.36. The lowest BCUT2D eigenvalue weighted by Crippen LogP contribution is -2.06. The Balaban J connectivity index is 1.98. The van der Waals surface area contributed by atoms with E-state index < -0.39 is 5.97 Å². The van der Waals surface area contributed by atoms with Gasteiger partial charge in [-0.05, 0) is 24.3 Å². The molecule has 0 amide bonds. The summed E-state index contributed by atoms with van der Waals surface area (Å²) in [6, 6.07) is 12.7. The van der Waals surface area contributed by atoms with Crippen LogP contribution in [0.1, 0.15) is 10.4 Å². The normalized spacial score (nSPS) is 10.4. The van der Waals surface area contributed by atoms with E-state index in [0.29, 0.717) is 12.4 Å². The number of carbonyl (C=O) groups is 1. The maximum atomic E-state index is 11.2. The zero-order valence-electron chi connectivity index (χ0n) is 10.9. The highest BCUT2D eigenvalue weighted by atomic mass is 35.5. The molecule has 0 aliphatic carbocycles. The summed E-state index contributed by atoms with van der Waals surface area (Å²) in [6.45, 7) is 0.348. The molecule has 0 saturated carbocycles. The summed E-state index contributed by atoms with van der Waals surface area (Å²) < 4.78 is 5.51. The third-order valence-corrected chi connectivity index (χ3v) is 4.06. The number of benzene rings is 2. The number of ether oxygens (including phenoxy) is 1. The fourth-order valence-corrected chi connectivity index (χ4v) is 2.99. The third kappa shape index (κ3) is 4.56. The Kier molecular flexibility index (Phi) is 5.79. The number of thioether (sulfide) groups is 1. The first-order valence-electron chi connectivity index (χ1n) is 6.11. The summed E-state index contributed by atoms with van der Waals surface area (Å²) in [5.41, 5.74) is -0.0304. The molecule has 0 unspecified atom stereocenters. The van der Waals surface area contributed by atoms with Crippen LogP contribution in [0.25, 0.3) is 0 Å². The Morgan fingerprint density at radius 1 is 1.19 bits per heavy atom. The van der Waals surface area contributed by atoms with Gasteiger partial charge in [-0.15, -0.1) is 11.8 Å². The standard InChI is InChI=1S/C15H12Cl2O3S/c16-10-8-12(15(18)19)14(13(17)9-10)20-6-7-21-11-4-2-1-3-5-11/h1-5,8-9H,6-7H2,(H,18,19). The molecule has 0 fully saturated rings.